The number of anilines is 3. The first kappa shape index (κ1) is 27.4. The number of nitrogens with zero attached hydrogens (tertiary/aromatic N) is 6. The molecular weight excluding hydrogens is 518 g/mol. The van der Waals surface area contributed by atoms with Gasteiger partial charge in [0, 0.05) is 50.8 Å². The number of nitrogen functional groups attached to an aromatic ring is 2. The van der Waals surface area contributed by atoms with Crippen molar-refractivity contribution in [2.45, 2.75) is 70.5 Å². The van der Waals surface area contributed by atoms with Crippen LogP contribution in [0.15, 0.2) is 12.1 Å². The molecule has 0 spiro atoms. The summed E-state index contributed by atoms with van der Waals surface area (Å²) in [6, 6.07) is 4.24. The van der Waals surface area contributed by atoms with E-state index in [0.717, 1.165) is 69.7 Å². The summed E-state index contributed by atoms with van der Waals surface area (Å²) in [6.45, 7) is 7.97. The maximum Gasteiger partial charge on any atom is 0.273 e. The van der Waals surface area contributed by atoms with E-state index in [-0.39, 0.29) is 40.3 Å². The summed E-state index contributed by atoms with van der Waals surface area (Å²) >= 11 is 5.90. The van der Waals surface area contributed by atoms with Gasteiger partial charge in [0.1, 0.15) is 11.0 Å². The molecule has 2 aromatic heterocycles. The largest absolute Gasteiger partial charge is 0.383 e. The third kappa shape index (κ3) is 6.04. The number of hydrogen-bond donors (Lipinski definition) is 3. The fraction of sp³-hybridized carbons (Fsp3) is 0.593. The molecule has 2 saturated heterocycles. The zero-order valence-electron chi connectivity index (χ0n) is 22.7. The van der Waals surface area contributed by atoms with Crippen molar-refractivity contribution >= 4 is 40.9 Å². The average molecular weight is 556 g/mol. The van der Waals surface area contributed by atoms with Crippen molar-refractivity contribution in [3.05, 3.63) is 34.2 Å². The van der Waals surface area contributed by atoms with Gasteiger partial charge in [-0.3, -0.25) is 14.5 Å². The Kier molecular flexibility index (Phi) is 8.08. The highest BCUT2D eigenvalue weighted by molar-refractivity contribution is 6.29. The normalized spacial score (nSPS) is 20.7. The van der Waals surface area contributed by atoms with Gasteiger partial charge in [0.05, 0.1) is 11.3 Å². The third-order valence-corrected chi connectivity index (χ3v) is 8.20. The summed E-state index contributed by atoms with van der Waals surface area (Å²) in [5, 5.41) is 3.23. The molecule has 4 heterocycles. The molecule has 0 unspecified atom stereocenters. The molecule has 1 aliphatic carbocycles. The number of likely N-dealkylation sites (tertiary alicyclic amines) is 1. The van der Waals surface area contributed by atoms with Gasteiger partial charge in [-0.05, 0) is 51.2 Å². The number of pyridine rings is 1. The Balaban J connectivity index is 1.23. The molecule has 12 heteroatoms. The molecule has 5 N–H and O–H groups in total. The van der Waals surface area contributed by atoms with E-state index in [1.807, 2.05) is 11.8 Å². The van der Waals surface area contributed by atoms with E-state index in [1.165, 1.54) is 0 Å². The summed E-state index contributed by atoms with van der Waals surface area (Å²) in [6.07, 6.45) is 5.95. The van der Waals surface area contributed by atoms with Gasteiger partial charge < -0.3 is 26.6 Å². The van der Waals surface area contributed by atoms with Crippen LogP contribution in [-0.4, -0.2) is 87.4 Å². The number of aromatic nitrogens is 3. The average Bonchev–Trinajstić information content (AvgIpc) is 3.74. The van der Waals surface area contributed by atoms with Gasteiger partial charge in [-0.15, -0.1) is 0 Å². The SMILES string of the molecule is CCC[C@H]1CN(c2nc(N)c(C(=O)NC3CC3)nc2C)CCN1C1CCN(C(=O)c2ccc(Cl)nc2N)CC1. The Hall–Kier alpha value is -3.18. The zero-order chi connectivity index (χ0) is 27.7. The molecule has 0 bridgehead atoms. The Morgan fingerprint density at radius 3 is 2.44 bits per heavy atom. The van der Waals surface area contributed by atoms with Gasteiger partial charge in [-0.2, -0.15) is 0 Å². The van der Waals surface area contributed by atoms with E-state index in [0.29, 0.717) is 30.7 Å². The van der Waals surface area contributed by atoms with Crippen LogP contribution >= 0.6 is 11.6 Å². The van der Waals surface area contributed by atoms with Crippen molar-refractivity contribution in [2.75, 3.05) is 49.1 Å². The van der Waals surface area contributed by atoms with Crippen molar-refractivity contribution in [2.24, 2.45) is 0 Å². The first-order chi connectivity index (χ1) is 18.7. The van der Waals surface area contributed by atoms with Gasteiger partial charge in [0.15, 0.2) is 17.3 Å². The molecule has 2 aliphatic heterocycles. The monoisotopic (exact) mass is 555 g/mol. The molecule has 1 saturated carbocycles. The van der Waals surface area contributed by atoms with Crippen LogP contribution < -0.4 is 21.7 Å². The Morgan fingerprint density at radius 1 is 1.03 bits per heavy atom. The van der Waals surface area contributed by atoms with Gasteiger partial charge in [0.2, 0.25) is 0 Å². The molecule has 11 nitrogen and oxygen atoms in total. The first-order valence-corrected chi connectivity index (χ1v) is 14.3. The number of nitrogens with one attached hydrogen (secondary N) is 1. The van der Waals surface area contributed by atoms with Gasteiger partial charge >= 0.3 is 0 Å². The third-order valence-electron chi connectivity index (χ3n) is 7.99. The standard InChI is InChI=1S/C27H38ClN9O2/c1-3-4-19-15-36(25-16(2)31-22(24(30)34-25)26(38)32-17-5-6-17)13-14-37(19)18-9-11-35(12-10-18)27(39)20-7-8-21(28)33-23(20)29/h7-8,17-19H,3-6,9-15H2,1-2H3,(H2,29,33)(H2,30,34)(H,32,38)/t19-/m0/s1. The Labute approximate surface area is 234 Å². The van der Waals surface area contributed by atoms with Crippen LogP contribution in [0.5, 0.6) is 0 Å². The number of piperazine rings is 1. The van der Waals surface area contributed by atoms with E-state index in [2.05, 4.69) is 37.0 Å². The van der Waals surface area contributed by atoms with Crippen molar-refractivity contribution in [1.82, 2.24) is 30.1 Å². The van der Waals surface area contributed by atoms with Crippen molar-refractivity contribution in [1.29, 1.82) is 0 Å². The lowest BCUT2D eigenvalue weighted by molar-refractivity contribution is 0.0481. The maximum absolute atomic E-state index is 13.1. The molecule has 210 valence electrons. The van der Waals surface area contributed by atoms with E-state index in [4.69, 9.17) is 23.1 Å². The molecule has 5 rings (SSSR count). The van der Waals surface area contributed by atoms with Crippen LogP contribution in [0.2, 0.25) is 5.15 Å². The fourth-order valence-electron chi connectivity index (χ4n) is 5.81. The van der Waals surface area contributed by atoms with E-state index < -0.39 is 0 Å². The number of nitrogens with two attached hydrogens (primary N) is 2. The van der Waals surface area contributed by atoms with Crippen LogP contribution in [0.25, 0.3) is 0 Å². The molecule has 3 fully saturated rings. The second-order valence-electron chi connectivity index (χ2n) is 10.8. The van der Waals surface area contributed by atoms with Crippen LogP contribution in [0.3, 0.4) is 0 Å². The molecule has 2 aromatic rings. The predicted octanol–water partition coefficient (Wildman–Crippen LogP) is 2.49. The number of piperidine rings is 1. The zero-order valence-corrected chi connectivity index (χ0v) is 23.5. The number of rotatable bonds is 7. The van der Waals surface area contributed by atoms with E-state index >= 15 is 0 Å². The lowest BCUT2D eigenvalue weighted by Gasteiger charge is -2.48. The predicted molar refractivity (Wildman–Crippen MR) is 152 cm³/mol. The topological polar surface area (TPSA) is 147 Å². The van der Waals surface area contributed by atoms with Crippen LogP contribution in [0, 0.1) is 6.92 Å². The van der Waals surface area contributed by atoms with Crippen LogP contribution in [-0.2, 0) is 0 Å². The molecule has 0 radical (unpaired) electrons. The molecule has 39 heavy (non-hydrogen) atoms. The number of hydrogen-bond acceptors (Lipinski definition) is 9. The minimum absolute atomic E-state index is 0.0917. The van der Waals surface area contributed by atoms with Crippen molar-refractivity contribution in [3.8, 4) is 0 Å². The van der Waals surface area contributed by atoms with Crippen molar-refractivity contribution < 1.29 is 9.59 Å². The quantitative estimate of drug-likeness (QED) is 0.438. The molecule has 3 aliphatic rings. The number of aryl methyl sites for hydroxylation is 1. The molecular formula is C27H38ClN9O2. The Morgan fingerprint density at radius 2 is 1.77 bits per heavy atom. The second-order valence-corrected chi connectivity index (χ2v) is 11.2. The Bertz CT molecular complexity index is 1230. The number of amides is 2. The maximum atomic E-state index is 13.1. The fourth-order valence-corrected chi connectivity index (χ4v) is 5.96. The number of halogens is 1. The second kappa shape index (κ2) is 11.5. The van der Waals surface area contributed by atoms with Crippen molar-refractivity contribution in [3.63, 3.8) is 0 Å². The lowest BCUT2D eigenvalue weighted by Crippen LogP contribution is -2.59. The first-order valence-electron chi connectivity index (χ1n) is 13.9. The minimum atomic E-state index is -0.245. The summed E-state index contributed by atoms with van der Waals surface area (Å²) in [5.41, 5.74) is 13.5. The molecule has 2 amide bonds. The molecule has 0 aromatic carbocycles. The van der Waals surface area contributed by atoms with E-state index in [1.54, 1.807) is 12.1 Å². The highest BCUT2D eigenvalue weighted by Gasteiger charge is 2.36. The number of carbonyl (C=O) groups excluding carboxylic acids is 2. The van der Waals surface area contributed by atoms with E-state index in [9.17, 15) is 9.59 Å². The lowest BCUT2D eigenvalue weighted by atomic mass is 9.97. The highest BCUT2D eigenvalue weighted by Crippen LogP contribution is 2.29. The smallest absolute Gasteiger partial charge is 0.273 e. The summed E-state index contributed by atoms with van der Waals surface area (Å²) in [7, 11) is 0. The number of carbonyl (C=O) groups is 2. The van der Waals surface area contributed by atoms with Crippen LogP contribution in [0.1, 0.15) is 72.0 Å². The summed E-state index contributed by atoms with van der Waals surface area (Å²) in [4.78, 5) is 45.6. The highest BCUT2D eigenvalue weighted by atomic mass is 35.5. The van der Waals surface area contributed by atoms with Crippen LogP contribution in [0.4, 0.5) is 17.5 Å². The molecule has 1 atom stereocenters. The summed E-state index contributed by atoms with van der Waals surface area (Å²) in [5.74, 6) is 0.767. The van der Waals surface area contributed by atoms with Gasteiger partial charge in [-0.25, -0.2) is 15.0 Å². The minimum Gasteiger partial charge on any atom is -0.383 e. The van der Waals surface area contributed by atoms with Gasteiger partial charge in [-0.1, -0.05) is 24.9 Å². The summed E-state index contributed by atoms with van der Waals surface area (Å²) < 4.78 is 0. The van der Waals surface area contributed by atoms with Gasteiger partial charge in [0.25, 0.3) is 11.8 Å².